The van der Waals surface area contributed by atoms with Crippen molar-refractivity contribution in [1.82, 2.24) is 15.5 Å². The molecule has 15 heteroatoms. The highest BCUT2D eigenvalue weighted by Gasteiger charge is 2.36. The van der Waals surface area contributed by atoms with Crippen LogP contribution in [0, 0.1) is 0 Å². The maximum atomic E-state index is 11.8. The van der Waals surface area contributed by atoms with Gasteiger partial charge < -0.3 is 66.6 Å². The lowest BCUT2D eigenvalue weighted by molar-refractivity contribution is -0.149. The Bertz CT molecular complexity index is 511. The molecule has 0 aliphatic rings. The molecular weight excluding hydrogens is 438 g/mol. The van der Waals surface area contributed by atoms with Crippen LogP contribution in [0.1, 0.15) is 0 Å². The van der Waals surface area contributed by atoms with E-state index in [1.54, 1.807) is 11.9 Å². The zero-order chi connectivity index (χ0) is 25.0. The third kappa shape index (κ3) is 9.97. The Morgan fingerprint density at radius 3 is 1.53 bits per heavy atom. The average Bonchev–Trinajstić information content (AvgIpc) is 2.79. The fourth-order valence-corrected chi connectivity index (χ4v) is 2.43. The summed E-state index contributed by atoms with van der Waals surface area (Å²) in [4.78, 5) is 25.2. The van der Waals surface area contributed by atoms with E-state index in [0.717, 1.165) is 0 Å². The lowest BCUT2D eigenvalue weighted by atomic mass is 10.0. The largest absolute Gasteiger partial charge is 0.440 e. The van der Waals surface area contributed by atoms with E-state index in [9.17, 15) is 45.3 Å². The first-order valence-electron chi connectivity index (χ1n) is 9.82. The molecule has 0 aromatic heterocycles. The summed E-state index contributed by atoms with van der Waals surface area (Å²) in [6.07, 6.45) is -15.0. The highest BCUT2D eigenvalue weighted by atomic mass is 16.4. The average molecular weight is 474 g/mol. The molecular formula is C17H36N3O12+. The summed E-state index contributed by atoms with van der Waals surface area (Å²) >= 11 is 0. The summed E-state index contributed by atoms with van der Waals surface area (Å²) < 4.78 is 0. The molecule has 190 valence electrons. The summed E-state index contributed by atoms with van der Waals surface area (Å²) in [7, 11) is 1.62. The molecule has 2 amide bonds. The minimum Gasteiger partial charge on any atom is -0.440 e. The summed E-state index contributed by atoms with van der Waals surface area (Å²) in [5.74, 6) is -2.02. The summed E-state index contributed by atoms with van der Waals surface area (Å²) in [6.45, 7) is -1.16. The molecule has 15 nitrogen and oxygen atoms in total. The van der Waals surface area contributed by atoms with Crippen molar-refractivity contribution in [3.05, 3.63) is 0 Å². The standard InChI is InChI=1S/C17H35N3O12/c1-20(4-2-18-16(31)14(29)12(27)10(25)8(23)6-21)5-3-19-17(32)15(30)13(28)11(26)9(24)7-22/h8-15,21-30H,2-7H2,1H3,(H,18,31)(H,19,32)/p+1. The van der Waals surface area contributed by atoms with Crippen LogP contribution in [-0.2, 0) is 9.59 Å². The molecule has 0 rings (SSSR count). The van der Waals surface area contributed by atoms with Crippen LogP contribution in [0.5, 0.6) is 0 Å². The lowest BCUT2D eigenvalue weighted by Crippen LogP contribution is -2.52. The minimum atomic E-state index is -2.05. The van der Waals surface area contributed by atoms with Crippen molar-refractivity contribution in [2.75, 3.05) is 46.4 Å². The third-order valence-electron chi connectivity index (χ3n) is 4.66. The van der Waals surface area contributed by atoms with Gasteiger partial charge in [0.25, 0.3) is 11.8 Å². The number of hydrogen-bond donors (Lipinski definition) is 11. The molecule has 8 unspecified atom stereocenters. The van der Waals surface area contributed by atoms with Crippen molar-refractivity contribution in [1.29, 1.82) is 0 Å². The van der Waals surface area contributed by atoms with Gasteiger partial charge in [-0.3, -0.25) is 9.59 Å². The highest BCUT2D eigenvalue weighted by molar-refractivity contribution is 5.81. The Labute approximate surface area is 184 Å². The predicted octanol–water partition coefficient (Wildman–Crippen LogP) is -8.25. The number of carbonyl (C=O) groups excluding carboxylic acids is 2. The first kappa shape index (κ1) is 30.5. The van der Waals surface area contributed by atoms with Crippen LogP contribution in [0.4, 0.5) is 0 Å². The molecule has 0 heterocycles. The van der Waals surface area contributed by atoms with Gasteiger partial charge in [0.1, 0.15) is 31.0 Å². The van der Waals surface area contributed by atoms with E-state index in [1.807, 2.05) is 0 Å². The quantitative estimate of drug-likeness (QED) is 0.0931. The molecule has 0 aliphatic carbocycles. The van der Waals surface area contributed by atoms with Crippen molar-refractivity contribution in [2.24, 2.45) is 0 Å². The van der Waals surface area contributed by atoms with Gasteiger partial charge in [-0.15, -0.1) is 0 Å². The number of rotatable bonds is 16. The molecule has 0 saturated carbocycles. The second kappa shape index (κ2) is 15.4. The first-order valence-corrected chi connectivity index (χ1v) is 9.82. The van der Waals surface area contributed by atoms with Crippen molar-refractivity contribution < 1.29 is 60.7 Å². The van der Waals surface area contributed by atoms with Crippen LogP contribution >= 0.6 is 0 Å². The van der Waals surface area contributed by atoms with Crippen molar-refractivity contribution in [3.63, 3.8) is 0 Å². The minimum absolute atomic E-state index is 0.00525. The molecule has 0 aromatic rings. The molecule has 13 N–H and O–H groups in total. The van der Waals surface area contributed by atoms with E-state index in [2.05, 4.69) is 10.6 Å². The molecule has 32 heavy (non-hydrogen) atoms. The number of nitrogens with one attached hydrogen (secondary N) is 2. The van der Waals surface area contributed by atoms with Gasteiger partial charge in [0.2, 0.25) is 6.10 Å². The smallest absolute Gasteiger partial charge is 0.251 e. The number of likely N-dealkylation sites (N-methyl/N-ethyl adjacent to an activating group) is 1. The fraction of sp³-hybridized carbons (Fsp3) is 0.882. The molecule has 0 aromatic carbocycles. The summed E-state index contributed by atoms with van der Waals surface area (Å²) in [6, 6.07) is 0. The lowest BCUT2D eigenvalue weighted by Gasteiger charge is -2.25. The van der Waals surface area contributed by atoms with Crippen LogP contribution in [0.25, 0.3) is 0 Å². The molecule has 0 saturated heterocycles. The second-order valence-electron chi connectivity index (χ2n) is 7.28. The van der Waals surface area contributed by atoms with Crippen LogP contribution in [0.2, 0.25) is 0 Å². The Hall–Kier alpha value is -1.50. The van der Waals surface area contributed by atoms with E-state index in [4.69, 9.17) is 15.3 Å². The summed E-state index contributed by atoms with van der Waals surface area (Å²) in [5.41, 5.74) is 0. The number of amides is 2. The number of nitrogens with zero attached hydrogens (tertiary/aromatic N) is 1. The number of aliphatic hydroxyl groups excluding tert-OH is 9. The van der Waals surface area contributed by atoms with E-state index >= 15 is 0 Å². The Kier molecular flexibility index (Phi) is 14.6. The molecule has 0 fully saturated rings. The second-order valence-corrected chi connectivity index (χ2v) is 7.28. The maximum absolute atomic E-state index is 11.8. The topological polar surface area (TPSA) is 266 Å². The monoisotopic (exact) mass is 474 g/mol. The number of aliphatic hydroxyl groups is 9. The van der Waals surface area contributed by atoms with Gasteiger partial charge in [-0.05, 0) is 7.05 Å². The summed E-state index contributed by atoms with van der Waals surface area (Å²) in [5, 5.41) is 96.3. The molecule has 0 radical (unpaired) electrons. The third-order valence-corrected chi connectivity index (χ3v) is 4.66. The maximum Gasteiger partial charge on any atom is 0.251 e. The van der Waals surface area contributed by atoms with Crippen molar-refractivity contribution in [2.45, 2.75) is 48.8 Å². The van der Waals surface area contributed by atoms with Crippen LogP contribution in [0.15, 0.2) is 0 Å². The normalized spacial score (nSPS) is 19.4. The van der Waals surface area contributed by atoms with Crippen LogP contribution in [0.3, 0.4) is 0 Å². The van der Waals surface area contributed by atoms with E-state index < -0.39 is 73.9 Å². The molecule has 0 bridgehead atoms. The van der Waals surface area contributed by atoms with Crippen LogP contribution < -0.4 is 10.6 Å². The Morgan fingerprint density at radius 1 is 0.750 bits per heavy atom. The van der Waals surface area contributed by atoms with E-state index in [1.165, 1.54) is 0 Å². The van der Waals surface area contributed by atoms with Crippen molar-refractivity contribution in [3.8, 4) is 0 Å². The first-order chi connectivity index (χ1) is 14.9. The number of carbonyl (C=O) groups is 2. The molecule has 8 atom stereocenters. The van der Waals surface area contributed by atoms with Gasteiger partial charge >= 0.3 is 0 Å². The van der Waals surface area contributed by atoms with Gasteiger partial charge in [0.15, 0.2) is 18.3 Å². The van der Waals surface area contributed by atoms with E-state index in [0.29, 0.717) is 0 Å². The molecule has 0 spiro atoms. The van der Waals surface area contributed by atoms with Gasteiger partial charge in [0.05, 0.1) is 6.61 Å². The van der Waals surface area contributed by atoms with Gasteiger partial charge in [-0.1, -0.05) is 0 Å². The fourth-order valence-electron chi connectivity index (χ4n) is 2.43. The van der Waals surface area contributed by atoms with Crippen LogP contribution in [-0.4, -0.2) is 163 Å². The van der Waals surface area contributed by atoms with E-state index in [-0.39, 0.29) is 26.2 Å². The zero-order valence-electron chi connectivity index (χ0n) is 17.7. The van der Waals surface area contributed by atoms with Gasteiger partial charge in [-0.2, -0.15) is 0 Å². The van der Waals surface area contributed by atoms with Gasteiger partial charge in [0, 0.05) is 26.2 Å². The number of hydrogen-bond acceptors (Lipinski definition) is 12. The molecule has 0 aliphatic heterocycles. The zero-order valence-corrected chi connectivity index (χ0v) is 17.7. The van der Waals surface area contributed by atoms with Gasteiger partial charge in [-0.25, -0.2) is 0 Å². The predicted molar refractivity (Wildman–Crippen MR) is 107 cm³/mol. The Morgan fingerprint density at radius 2 is 1.16 bits per heavy atom. The van der Waals surface area contributed by atoms with Crippen molar-refractivity contribution >= 4 is 11.8 Å². The SMILES string of the molecule is CN(CCNC(=O)C(O)C(O)C(O)C(O)CO)CCNC(=O)C(O)C(O)C(O)C([OH2+])CO. The Balaban J connectivity index is 4.26. The highest BCUT2D eigenvalue weighted by Crippen LogP contribution is 2.06.